The molecule has 0 saturated carbocycles. The van der Waals surface area contributed by atoms with Crippen molar-refractivity contribution in [2.75, 3.05) is 26.3 Å². The van der Waals surface area contributed by atoms with Gasteiger partial charge >= 0.3 is 0 Å². The third kappa shape index (κ3) is 3.61. The van der Waals surface area contributed by atoms with E-state index in [1.165, 1.54) is 12.1 Å². The highest BCUT2D eigenvalue weighted by Crippen LogP contribution is 2.22. The highest BCUT2D eigenvalue weighted by Gasteiger charge is 2.22. The van der Waals surface area contributed by atoms with E-state index in [0.29, 0.717) is 38.4 Å². The number of ether oxygens (including phenoxy) is 1. The molecule has 1 unspecified atom stereocenters. The molecule has 20 heavy (non-hydrogen) atoms. The van der Waals surface area contributed by atoms with Crippen molar-refractivity contribution in [2.24, 2.45) is 0 Å². The van der Waals surface area contributed by atoms with Crippen LogP contribution in [-0.2, 0) is 16.1 Å². The van der Waals surface area contributed by atoms with Crippen molar-refractivity contribution in [3.05, 3.63) is 23.8 Å². The Morgan fingerprint density at radius 1 is 1.40 bits per heavy atom. The minimum absolute atomic E-state index is 0.0171. The zero-order valence-corrected chi connectivity index (χ0v) is 11.5. The summed E-state index contributed by atoms with van der Waals surface area (Å²) in [5.74, 6) is 0.0683. The minimum atomic E-state index is -0.332. The number of carbonyl (C=O) groups excluding carboxylic acids is 1. The number of phenolic OH excluding ortho intramolecular Hbond substituents is 2. The summed E-state index contributed by atoms with van der Waals surface area (Å²) in [4.78, 5) is 13.9. The summed E-state index contributed by atoms with van der Waals surface area (Å²) < 4.78 is 5.21. The van der Waals surface area contributed by atoms with Crippen molar-refractivity contribution in [1.29, 1.82) is 0 Å². The lowest BCUT2D eigenvalue weighted by Crippen LogP contribution is -2.49. The Hall–Kier alpha value is -1.79. The Balaban J connectivity index is 1.87. The van der Waals surface area contributed by atoms with Crippen molar-refractivity contribution < 1.29 is 19.7 Å². The summed E-state index contributed by atoms with van der Waals surface area (Å²) in [7, 11) is 0. The van der Waals surface area contributed by atoms with E-state index in [9.17, 15) is 15.0 Å². The molecule has 6 heteroatoms. The molecule has 110 valence electrons. The number of morpholine rings is 1. The van der Waals surface area contributed by atoms with Gasteiger partial charge in [0.1, 0.15) is 11.5 Å². The molecule has 0 spiro atoms. The number of amides is 1. The molecule has 1 aliphatic heterocycles. The molecule has 1 aromatic rings. The van der Waals surface area contributed by atoms with Crippen molar-refractivity contribution in [3.8, 4) is 11.5 Å². The van der Waals surface area contributed by atoms with Crippen LogP contribution in [-0.4, -0.2) is 53.4 Å². The highest BCUT2D eigenvalue weighted by atomic mass is 16.5. The SMILES string of the molecule is CC(NCc1ccc(O)cc1O)C(=O)N1CCOCC1. The number of phenols is 2. The molecule has 1 amide bonds. The highest BCUT2D eigenvalue weighted by molar-refractivity contribution is 5.81. The van der Waals surface area contributed by atoms with Crippen LogP contribution in [0.5, 0.6) is 11.5 Å². The first kappa shape index (κ1) is 14.6. The lowest BCUT2D eigenvalue weighted by molar-refractivity contribution is -0.137. The van der Waals surface area contributed by atoms with Gasteiger partial charge in [-0.1, -0.05) is 6.07 Å². The fraction of sp³-hybridized carbons (Fsp3) is 0.500. The van der Waals surface area contributed by atoms with Crippen LogP contribution in [0.25, 0.3) is 0 Å². The molecular weight excluding hydrogens is 260 g/mol. The molecule has 1 aliphatic rings. The Bertz CT molecular complexity index is 472. The second-order valence-corrected chi connectivity index (χ2v) is 4.85. The van der Waals surface area contributed by atoms with Crippen LogP contribution >= 0.6 is 0 Å². The normalized spacial score (nSPS) is 16.9. The fourth-order valence-corrected chi connectivity index (χ4v) is 2.11. The zero-order valence-electron chi connectivity index (χ0n) is 11.5. The van der Waals surface area contributed by atoms with Gasteiger partial charge < -0.3 is 25.2 Å². The quantitative estimate of drug-likeness (QED) is 0.745. The number of carbonyl (C=O) groups is 1. The van der Waals surface area contributed by atoms with Gasteiger partial charge in [-0.2, -0.15) is 0 Å². The maximum Gasteiger partial charge on any atom is 0.239 e. The average Bonchev–Trinajstić information content (AvgIpc) is 2.46. The Morgan fingerprint density at radius 2 is 2.10 bits per heavy atom. The Labute approximate surface area is 118 Å². The van der Waals surface area contributed by atoms with E-state index in [4.69, 9.17) is 4.74 Å². The molecule has 1 atom stereocenters. The summed E-state index contributed by atoms with van der Waals surface area (Å²) in [5.41, 5.74) is 0.643. The second-order valence-electron chi connectivity index (χ2n) is 4.85. The van der Waals surface area contributed by atoms with Crippen LogP contribution in [0.4, 0.5) is 0 Å². The van der Waals surface area contributed by atoms with Crippen LogP contribution in [0, 0.1) is 0 Å². The van der Waals surface area contributed by atoms with Gasteiger partial charge in [-0.05, 0) is 13.0 Å². The molecule has 0 radical (unpaired) electrons. The molecule has 2 rings (SSSR count). The summed E-state index contributed by atoms with van der Waals surface area (Å²) in [6, 6.07) is 4.08. The summed E-state index contributed by atoms with van der Waals surface area (Å²) in [6.07, 6.45) is 0. The summed E-state index contributed by atoms with van der Waals surface area (Å²) in [6.45, 7) is 4.57. The first-order valence-electron chi connectivity index (χ1n) is 6.68. The van der Waals surface area contributed by atoms with Gasteiger partial charge in [0, 0.05) is 31.3 Å². The van der Waals surface area contributed by atoms with Gasteiger partial charge in [-0.3, -0.25) is 4.79 Å². The molecular formula is C14H20N2O4. The van der Waals surface area contributed by atoms with Gasteiger partial charge in [0.15, 0.2) is 0 Å². The van der Waals surface area contributed by atoms with Crippen LogP contribution in [0.2, 0.25) is 0 Å². The van der Waals surface area contributed by atoms with E-state index in [1.807, 2.05) is 0 Å². The van der Waals surface area contributed by atoms with Gasteiger partial charge in [0.25, 0.3) is 0 Å². The van der Waals surface area contributed by atoms with Crippen LogP contribution < -0.4 is 5.32 Å². The topological polar surface area (TPSA) is 82.0 Å². The maximum absolute atomic E-state index is 12.2. The first-order valence-corrected chi connectivity index (χ1v) is 6.68. The molecule has 3 N–H and O–H groups in total. The van der Waals surface area contributed by atoms with E-state index >= 15 is 0 Å². The molecule has 1 saturated heterocycles. The monoisotopic (exact) mass is 280 g/mol. The Morgan fingerprint density at radius 3 is 2.75 bits per heavy atom. The summed E-state index contributed by atoms with van der Waals surface area (Å²) >= 11 is 0. The number of hydrogen-bond acceptors (Lipinski definition) is 5. The lowest BCUT2D eigenvalue weighted by Gasteiger charge is -2.29. The average molecular weight is 280 g/mol. The summed E-state index contributed by atoms with van der Waals surface area (Å²) in [5, 5.41) is 22.0. The largest absolute Gasteiger partial charge is 0.508 e. The zero-order chi connectivity index (χ0) is 14.5. The van der Waals surface area contributed by atoms with E-state index < -0.39 is 0 Å². The molecule has 1 aromatic carbocycles. The van der Waals surface area contributed by atoms with Crippen molar-refractivity contribution in [1.82, 2.24) is 10.2 Å². The lowest BCUT2D eigenvalue weighted by atomic mass is 10.1. The smallest absolute Gasteiger partial charge is 0.239 e. The fourth-order valence-electron chi connectivity index (χ4n) is 2.11. The number of nitrogens with zero attached hydrogens (tertiary/aromatic N) is 1. The minimum Gasteiger partial charge on any atom is -0.508 e. The van der Waals surface area contributed by atoms with Crippen LogP contribution in [0.15, 0.2) is 18.2 Å². The first-order chi connectivity index (χ1) is 9.58. The van der Waals surface area contributed by atoms with Crippen LogP contribution in [0.1, 0.15) is 12.5 Å². The standard InChI is InChI=1S/C14H20N2O4/c1-10(14(19)16-4-6-20-7-5-16)15-9-11-2-3-12(17)8-13(11)18/h2-3,8,10,15,17-18H,4-7,9H2,1H3. The van der Waals surface area contributed by atoms with Crippen molar-refractivity contribution in [3.63, 3.8) is 0 Å². The Kier molecular flexibility index (Phi) is 4.81. The number of nitrogens with one attached hydrogen (secondary N) is 1. The van der Waals surface area contributed by atoms with E-state index in [1.54, 1.807) is 17.9 Å². The van der Waals surface area contributed by atoms with E-state index in [-0.39, 0.29) is 23.4 Å². The van der Waals surface area contributed by atoms with Gasteiger partial charge in [0.2, 0.25) is 5.91 Å². The van der Waals surface area contributed by atoms with Gasteiger partial charge in [-0.15, -0.1) is 0 Å². The third-order valence-corrected chi connectivity index (χ3v) is 3.36. The molecule has 0 aromatic heterocycles. The maximum atomic E-state index is 12.2. The van der Waals surface area contributed by atoms with E-state index in [2.05, 4.69) is 5.32 Å². The predicted molar refractivity (Wildman–Crippen MR) is 73.5 cm³/mol. The molecule has 6 nitrogen and oxygen atoms in total. The number of hydrogen-bond donors (Lipinski definition) is 3. The van der Waals surface area contributed by atoms with Gasteiger partial charge in [0.05, 0.1) is 19.3 Å². The molecule has 1 fully saturated rings. The third-order valence-electron chi connectivity index (χ3n) is 3.36. The van der Waals surface area contributed by atoms with Gasteiger partial charge in [-0.25, -0.2) is 0 Å². The molecule has 1 heterocycles. The second kappa shape index (κ2) is 6.58. The van der Waals surface area contributed by atoms with Crippen molar-refractivity contribution >= 4 is 5.91 Å². The van der Waals surface area contributed by atoms with Crippen LogP contribution in [0.3, 0.4) is 0 Å². The molecule has 0 aliphatic carbocycles. The number of rotatable bonds is 4. The molecule has 0 bridgehead atoms. The number of aromatic hydroxyl groups is 2. The number of benzene rings is 1. The van der Waals surface area contributed by atoms with Crippen molar-refractivity contribution in [2.45, 2.75) is 19.5 Å². The predicted octanol–water partition coefficient (Wildman–Crippen LogP) is 0.435. The van der Waals surface area contributed by atoms with E-state index in [0.717, 1.165) is 0 Å².